The van der Waals surface area contributed by atoms with E-state index >= 15 is 0 Å². The molecule has 0 rings (SSSR count). The van der Waals surface area contributed by atoms with Crippen LogP contribution in [0.4, 0.5) is 0 Å². The normalized spacial score (nSPS) is 10.2. The molecule has 0 radical (unpaired) electrons. The number of carboxylic acid groups (broad SMARTS) is 1. The molecule has 0 atom stereocenters. The third-order valence-electron chi connectivity index (χ3n) is 4.05. The van der Waals surface area contributed by atoms with Crippen LogP contribution < -0.4 is 5.73 Å². The Morgan fingerprint density at radius 3 is 1.35 bits per heavy atom. The summed E-state index contributed by atoms with van der Waals surface area (Å²) in [4.78, 5) is 10.2. The van der Waals surface area contributed by atoms with E-state index in [1.807, 2.05) is 0 Å². The SMILES string of the molecule is CCCCCCCCCCCC(=O)O.CCCCCCCCN. The van der Waals surface area contributed by atoms with Crippen LogP contribution in [0.2, 0.25) is 0 Å². The van der Waals surface area contributed by atoms with E-state index in [0.717, 1.165) is 19.4 Å². The largest absolute Gasteiger partial charge is 0.481 e. The number of hydrogen-bond acceptors (Lipinski definition) is 2. The van der Waals surface area contributed by atoms with Crippen molar-refractivity contribution in [3.63, 3.8) is 0 Å². The maximum atomic E-state index is 10.2. The van der Waals surface area contributed by atoms with E-state index in [9.17, 15) is 4.79 Å². The zero-order chi connectivity index (χ0) is 17.6. The first-order valence-corrected chi connectivity index (χ1v) is 10.1. The summed E-state index contributed by atoms with van der Waals surface area (Å²) in [5.41, 5.74) is 5.34. The number of hydrogen-bond donors (Lipinski definition) is 2. The predicted molar refractivity (Wildman–Crippen MR) is 102 cm³/mol. The number of nitrogens with two attached hydrogens (primary N) is 1. The van der Waals surface area contributed by atoms with Gasteiger partial charge < -0.3 is 10.8 Å². The van der Waals surface area contributed by atoms with Gasteiger partial charge in [0.15, 0.2) is 0 Å². The van der Waals surface area contributed by atoms with Crippen LogP contribution >= 0.6 is 0 Å². The van der Waals surface area contributed by atoms with Gasteiger partial charge in [0.1, 0.15) is 0 Å². The Labute approximate surface area is 145 Å². The summed E-state index contributed by atoms with van der Waals surface area (Å²) in [6.07, 6.45) is 19.5. The Bertz CT molecular complexity index is 214. The average molecular weight is 330 g/mol. The number of aliphatic carboxylic acids is 1. The van der Waals surface area contributed by atoms with E-state index in [1.54, 1.807) is 0 Å². The van der Waals surface area contributed by atoms with Crippen molar-refractivity contribution in [3.8, 4) is 0 Å². The van der Waals surface area contributed by atoms with E-state index in [2.05, 4.69) is 13.8 Å². The minimum absolute atomic E-state index is 0.343. The maximum absolute atomic E-state index is 10.2. The molecule has 23 heavy (non-hydrogen) atoms. The third-order valence-corrected chi connectivity index (χ3v) is 4.05. The van der Waals surface area contributed by atoms with Crippen molar-refractivity contribution in [2.75, 3.05) is 6.54 Å². The van der Waals surface area contributed by atoms with Crippen LogP contribution in [0.15, 0.2) is 0 Å². The Kier molecular flexibility index (Phi) is 25.4. The molecule has 140 valence electrons. The van der Waals surface area contributed by atoms with Gasteiger partial charge in [-0.05, 0) is 19.4 Å². The first-order valence-electron chi connectivity index (χ1n) is 10.1. The van der Waals surface area contributed by atoms with E-state index in [4.69, 9.17) is 10.8 Å². The van der Waals surface area contributed by atoms with E-state index in [0.29, 0.717) is 6.42 Å². The quantitative estimate of drug-likeness (QED) is 0.327. The highest BCUT2D eigenvalue weighted by Gasteiger charge is 1.96. The van der Waals surface area contributed by atoms with Crippen molar-refractivity contribution >= 4 is 5.97 Å². The average Bonchev–Trinajstić information content (AvgIpc) is 2.54. The predicted octanol–water partition coefficient (Wildman–Crippen LogP) is 6.30. The lowest BCUT2D eigenvalue weighted by Crippen LogP contribution is -1.97. The zero-order valence-electron chi connectivity index (χ0n) is 16.0. The van der Waals surface area contributed by atoms with E-state index in [1.165, 1.54) is 83.5 Å². The van der Waals surface area contributed by atoms with E-state index < -0.39 is 5.97 Å². The second-order valence-electron chi connectivity index (χ2n) is 6.53. The molecule has 0 spiro atoms. The van der Waals surface area contributed by atoms with E-state index in [-0.39, 0.29) is 0 Å². The molecule has 3 nitrogen and oxygen atoms in total. The first kappa shape index (κ1) is 24.7. The molecular formula is C20H43NO2. The summed E-state index contributed by atoms with van der Waals surface area (Å²) < 4.78 is 0. The molecule has 0 aliphatic rings. The molecule has 0 saturated heterocycles. The lowest BCUT2D eigenvalue weighted by atomic mass is 10.1. The zero-order valence-corrected chi connectivity index (χ0v) is 16.0. The molecule has 0 aliphatic heterocycles. The van der Waals surface area contributed by atoms with Crippen LogP contribution in [0.1, 0.15) is 117 Å². The van der Waals surface area contributed by atoms with Gasteiger partial charge in [-0.25, -0.2) is 0 Å². The Morgan fingerprint density at radius 2 is 1.00 bits per heavy atom. The molecule has 3 N–H and O–H groups in total. The van der Waals surface area contributed by atoms with Crippen LogP contribution in [-0.4, -0.2) is 17.6 Å². The lowest BCUT2D eigenvalue weighted by molar-refractivity contribution is -0.137. The molecule has 0 fully saturated rings. The Morgan fingerprint density at radius 1 is 0.652 bits per heavy atom. The molecule has 3 heteroatoms. The molecule has 0 aromatic rings. The van der Waals surface area contributed by atoms with Crippen LogP contribution in [0.25, 0.3) is 0 Å². The molecule has 0 aliphatic carbocycles. The summed E-state index contributed by atoms with van der Waals surface area (Å²) in [6.45, 7) is 5.33. The van der Waals surface area contributed by atoms with Gasteiger partial charge in [-0.2, -0.15) is 0 Å². The van der Waals surface area contributed by atoms with Gasteiger partial charge in [0.25, 0.3) is 0 Å². The fourth-order valence-corrected chi connectivity index (χ4v) is 2.51. The minimum Gasteiger partial charge on any atom is -0.481 e. The number of carboxylic acids is 1. The van der Waals surface area contributed by atoms with Crippen molar-refractivity contribution in [1.29, 1.82) is 0 Å². The van der Waals surface area contributed by atoms with Gasteiger partial charge in [-0.15, -0.1) is 0 Å². The highest BCUT2D eigenvalue weighted by molar-refractivity contribution is 5.66. The van der Waals surface area contributed by atoms with Gasteiger partial charge in [-0.3, -0.25) is 4.79 Å². The number of unbranched alkanes of at least 4 members (excludes halogenated alkanes) is 13. The van der Waals surface area contributed by atoms with Crippen LogP contribution in [0.5, 0.6) is 0 Å². The molecule has 0 aromatic heterocycles. The molecular weight excluding hydrogens is 286 g/mol. The smallest absolute Gasteiger partial charge is 0.303 e. The fourth-order valence-electron chi connectivity index (χ4n) is 2.51. The van der Waals surface area contributed by atoms with Gasteiger partial charge in [0, 0.05) is 6.42 Å². The molecule has 0 saturated carbocycles. The first-order chi connectivity index (χ1) is 11.2. The van der Waals surface area contributed by atoms with Crippen LogP contribution in [-0.2, 0) is 4.79 Å². The monoisotopic (exact) mass is 329 g/mol. The third kappa shape index (κ3) is 30.0. The maximum Gasteiger partial charge on any atom is 0.303 e. The lowest BCUT2D eigenvalue weighted by Gasteiger charge is -2.00. The molecule has 0 amide bonds. The summed E-state index contributed by atoms with van der Waals surface area (Å²) in [7, 11) is 0. The Hall–Kier alpha value is -0.570. The second-order valence-corrected chi connectivity index (χ2v) is 6.53. The summed E-state index contributed by atoms with van der Waals surface area (Å²) >= 11 is 0. The standard InChI is InChI=1S/C12H24O2.C8H19N/c1-2-3-4-5-6-7-8-9-10-11-12(13)14;1-2-3-4-5-6-7-8-9/h2-11H2,1H3,(H,13,14);2-9H2,1H3. The number of rotatable bonds is 16. The van der Waals surface area contributed by atoms with Crippen LogP contribution in [0.3, 0.4) is 0 Å². The van der Waals surface area contributed by atoms with Crippen molar-refractivity contribution in [1.82, 2.24) is 0 Å². The van der Waals surface area contributed by atoms with Crippen molar-refractivity contribution in [2.24, 2.45) is 5.73 Å². The fraction of sp³-hybridized carbons (Fsp3) is 0.950. The molecule has 0 aromatic carbocycles. The van der Waals surface area contributed by atoms with Crippen molar-refractivity contribution in [3.05, 3.63) is 0 Å². The highest BCUT2D eigenvalue weighted by Crippen LogP contribution is 2.10. The summed E-state index contributed by atoms with van der Waals surface area (Å²) in [5, 5.41) is 8.41. The Balaban J connectivity index is 0. The molecule has 0 bridgehead atoms. The van der Waals surface area contributed by atoms with Gasteiger partial charge in [-0.1, -0.05) is 97.3 Å². The number of carbonyl (C=O) groups is 1. The molecule has 0 heterocycles. The minimum atomic E-state index is -0.659. The molecule has 0 unspecified atom stereocenters. The van der Waals surface area contributed by atoms with Gasteiger partial charge in [0.05, 0.1) is 0 Å². The highest BCUT2D eigenvalue weighted by atomic mass is 16.4. The summed E-state index contributed by atoms with van der Waals surface area (Å²) in [6, 6.07) is 0. The van der Waals surface area contributed by atoms with Gasteiger partial charge in [0.2, 0.25) is 0 Å². The summed E-state index contributed by atoms with van der Waals surface area (Å²) in [5.74, 6) is -0.659. The van der Waals surface area contributed by atoms with Crippen molar-refractivity contribution in [2.45, 2.75) is 117 Å². The van der Waals surface area contributed by atoms with Gasteiger partial charge >= 0.3 is 5.97 Å². The topological polar surface area (TPSA) is 63.3 Å². The van der Waals surface area contributed by atoms with Crippen molar-refractivity contribution < 1.29 is 9.90 Å². The second kappa shape index (κ2) is 23.7. The van der Waals surface area contributed by atoms with Crippen LogP contribution in [0, 0.1) is 0 Å².